The van der Waals surface area contributed by atoms with E-state index in [0.29, 0.717) is 6.42 Å². The molecule has 0 radical (unpaired) electrons. The molecular weight excluding hydrogens is 432 g/mol. The zero-order valence-corrected chi connectivity index (χ0v) is 17.7. The number of carboxylic acid groups (broad SMARTS) is 3. The topological polar surface area (TPSA) is 245 Å². The van der Waals surface area contributed by atoms with Crippen molar-refractivity contribution in [3.05, 3.63) is 0 Å². The predicted molar refractivity (Wildman–Crippen MR) is 107 cm³/mol. The first kappa shape index (κ1) is 28.7. The first-order valence-corrected chi connectivity index (χ1v) is 9.77. The lowest BCUT2D eigenvalue weighted by Gasteiger charge is -2.25. The molecule has 0 aromatic rings. The molecule has 32 heavy (non-hydrogen) atoms. The zero-order valence-electron chi connectivity index (χ0n) is 17.7. The van der Waals surface area contributed by atoms with Crippen molar-refractivity contribution in [2.45, 2.75) is 63.7 Å². The normalized spacial score (nSPS) is 15.4. The third kappa shape index (κ3) is 10.2. The molecule has 5 atom stereocenters. The molecule has 0 aliphatic rings. The fraction of sp³-hybridized carbons (Fsp3) is 0.667. The summed E-state index contributed by atoms with van der Waals surface area (Å²) in [5, 5.41) is 42.3. The third-order valence-electron chi connectivity index (χ3n) is 4.65. The second-order valence-corrected chi connectivity index (χ2v) is 7.15. The minimum absolute atomic E-state index is 0.239. The highest BCUT2D eigenvalue weighted by Gasteiger charge is 2.31. The van der Waals surface area contributed by atoms with E-state index in [1.165, 1.54) is 0 Å². The smallest absolute Gasteiger partial charge is 0.326 e. The van der Waals surface area contributed by atoms with Crippen molar-refractivity contribution in [3.63, 3.8) is 0 Å². The molecule has 14 heteroatoms. The Morgan fingerprint density at radius 2 is 1.31 bits per heavy atom. The van der Waals surface area contributed by atoms with Crippen LogP contribution in [0.25, 0.3) is 0 Å². The molecule has 0 rings (SSSR count). The number of nitrogens with one attached hydrogen (secondary N) is 3. The number of carbonyl (C=O) groups excluding carboxylic acids is 3. The molecule has 0 spiro atoms. The number of aliphatic carboxylic acids is 3. The van der Waals surface area contributed by atoms with Crippen LogP contribution in [0.2, 0.25) is 0 Å². The zero-order chi connectivity index (χ0) is 25.0. The number of hydrogen-bond donors (Lipinski definition) is 8. The van der Waals surface area contributed by atoms with Crippen molar-refractivity contribution < 1.29 is 49.2 Å². The van der Waals surface area contributed by atoms with Gasteiger partial charge in [-0.1, -0.05) is 20.3 Å². The van der Waals surface area contributed by atoms with Gasteiger partial charge in [0.05, 0.1) is 19.1 Å². The van der Waals surface area contributed by atoms with Gasteiger partial charge in [-0.25, -0.2) is 4.79 Å². The fourth-order valence-electron chi connectivity index (χ4n) is 2.43. The van der Waals surface area contributed by atoms with Crippen LogP contribution in [0.4, 0.5) is 0 Å². The summed E-state index contributed by atoms with van der Waals surface area (Å²) in [6, 6.07) is -5.90. The van der Waals surface area contributed by atoms with E-state index in [0.717, 1.165) is 0 Å². The molecule has 0 saturated heterocycles. The number of amides is 3. The standard InChI is InChI=1S/C18H30N4O10/c1-3-8(2)14(19)17(30)20-9(4-5-12(24)25)15(28)22-11(7-23)16(29)21-10(18(31)32)6-13(26)27/h8-11,14,23H,3-7,19H2,1-2H3,(H,20,30)(H,21,29)(H,22,28)(H,24,25)(H,26,27)(H,31,32). The monoisotopic (exact) mass is 462 g/mol. The Bertz CT molecular complexity index is 714. The van der Waals surface area contributed by atoms with Crippen LogP contribution in [0.3, 0.4) is 0 Å². The molecule has 0 fully saturated rings. The number of aliphatic hydroxyl groups is 1. The minimum Gasteiger partial charge on any atom is -0.481 e. The molecule has 5 unspecified atom stereocenters. The van der Waals surface area contributed by atoms with Gasteiger partial charge in [0.1, 0.15) is 18.1 Å². The SMILES string of the molecule is CCC(C)C(N)C(=O)NC(CCC(=O)O)C(=O)NC(CO)C(=O)NC(CC(=O)O)C(=O)O. The van der Waals surface area contributed by atoms with Gasteiger partial charge in [0.15, 0.2) is 0 Å². The van der Waals surface area contributed by atoms with E-state index < -0.39 is 79.2 Å². The number of carboxylic acids is 3. The molecule has 9 N–H and O–H groups in total. The van der Waals surface area contributed by atoms with Gasteiger partial charge in [0.25, 0.3) is 0 Å². The van der Waals surface area contributed by atoms with Crippen molar-refractivity contribution in [3.8, 4) is 0 Å². The van der Waals surface area contributed by atoms with Crippen LogP contribution in [0, 0.1) is 5.92 Å². The van der Waals surface area contributed by atoms with Gasteiger partial charge < -0.3 is 42.1 Å². The molecular formula is C18H30N4O10. The molecule has 14 nitrogen and oxygen atoms in total. The number of carbonyl (C=O) groups is 6. The van der Waals surface area contributed by atoms with Crippen LogP contribution in [-0.4, -0.2) is 86.8 Å². The average molecular weight is 462 g/mol. The molecule has 3 amide bonds. The van der Waals surface area contributed by atoms with E-state index in [-0.39, 0.29) is 12.3 Å². The molecule has 0 saturated carbocycles. The van der Waals surface area contributed by atoms with Crippen molar-refractivity contribution in [1.29, 1.82) is 0 Å². The molecule has 0 aromatic carbocycles. The maximum absolute atomic E-state index is 12.6. The molecule has 182 valence electrons. The Morgan fingerprint density at radius 1 is 0.812 bits per heavy atom. The predicted octanol–water partition coefficient (Wildman–Crippen LogP) is -2.77. The van der Waals surface area contributed by atoms with E-state index in [9.17, 15) is 33.9 Å². The summed E-state index contributed by atoms with van der Waals surface area (Å²) in [7, 11) is 0. The summed E-state index contributed by atoms with van der Waals surface area (Å²) in [6.07, 6.45) is -1.24. The minimum atomic E-state index is -1.82. The van der Waals surface area contributed by atoms with E-state index in [1.807, 2.05) is 5.32 Å². The van der Waals surface area contributed by atoms with Crippen LogP contribution in [0.1, 0.15) is 39.5 Å². The van der Waals surface area contributed by atoms with Crippen molar-refractivity contribution >= 4 is 35.6 Å². The Hall–Kier alpha value is -3.26. The van der Waals surface area contributed by atoms with E-state index in [4.69, 9.17) is 21.1 Å². The Morgan fingerprint density at radius 3 is 1.75 bits per heavy atom. The van der Waals surface area contributed by atoms with Crippen LogP contribution in [-0.2, 0) is 28.8 Å². The summed E-state index contributed by atoms with van der Waals surface area (Å²) in [6.45, 7) is 2.52. The highest BCUT2D eigenvalue weighted by atomic mass is 16.4. The van der Waals surface area contributed by atoms with E-state index in [2.05, 4.69) is 10.6 Å². The average Bonchev–Trinajstić information content (AvgIpc) is 2.71. The quantitative estimate of drug-likeness (QED) is 0.124. The highest BCUT2D eigenvalue weighted by molar-refractivity contribution is 5.94. The number of aliphatic hydroxyl groups excluding tert-OH is 1. The lowest BCUT2D eigenvalue weighted by atomic mass is 9.98. The van der Waals surface area contributed by atoms with Crippen LogP contribution < -0.4 is 21.7 Å². The molecule has 0 aromatic heterocycles. The maximum atomic E-state index is 12.6. The second kappa shape index (κ2) is 13.9. The second-order valence-electron chi connectivity index (χ2n) is 7.15. The Kier molecular flexibility index (Phi) is 12.5. The molecule has 0 aliphatic carbocycles. The fourth-order valence-corrected chi connectivity index (χ4v) is 2.43. The third-order valence-corrected chi connectivity index (χ3v) is 4.65. The van der Waals surface area contributed by atoms with Gasteiger partial charge in [0.2, 0.25) is 17.7 Å². The Labute approximate surface area is 183 Å². The van der Waals surface area contributed by atoms with Crippen LogP contribution >= 0.6 is 0 Å². The lowest BCUT2D eigenvalue weighted by molar-refractivity contribution is -0.147. The van der Waals surface area contributed by atoms with Crippen LogP contribution in [0.15, 0.2) is 0 Å². The van der Waals surface area contributed by atoms with Gasteiger partial charge in [0, 0.05) is 6.42 Å². The van der Waals surface area contributed by atoms with Gasteiger partial charge in [-0.3, -0.25) is 24.0 Å². The molecule has 0 heterocycles. The van der Waals surface area contributed by atoms with Gasteiger partial charge in [-0.15, -0.1) is 0 Å². The molecule has 0 bridgehead atoms. The Balaban J connectivity index is 5.36. The van der Waals surface area contributed by atoms with Crippen molar-refractivity contribution in [1.82, 2.24) is 16.0 Å². The van der Waals surface area contributed by atoms with Crippen molar-refractivity contribution in [2.75, 3.05) is 6.61 Å². The summed E-state index contributed by atoms with van der Waals surface area (Å²) in [5.74, 6) is -7.56. The maximum Gasteiger partial charge on any atom is 0.326 e. The number of hydrogen-bond acceptors (Lipinski definition) is 8. The summed E-state index contributed by atoms with van der Waals surface area (Å²) < 4.78 is 0. The van der Waals surface area contributed by atoms with E-state index >= 15 is 0 Å². The largest absolute Gasteiger partial charge is 0.481 e. The van der Waals surface area contributed by atoms with Gasteiger partial charge in [-0.05, 0) is 12.3 Å². The highest BCUT2D eigenvalue weighted by Crippen LogP contribution is 2.07. The van der Waals surface area contributed by atoms with Crippen molar-refractivity contribution in [2.24, 2.45) is 11.7 Å². The molecule has 0 aliphatic heterocycles. The summed E-state index contributed by atoms with van der Waals surface area (Å²) >= 11 is 0. The number of nitrogens with two attached hydrogens (primary N) is 1. The summed E-state index contributed by atoms with van der Waals surface area (Å²) in [5.41, 5.74) is 5.81. The van der Waals surface area contributed by atoms with Gasteiger partial charge >= 0.3 is 17.9 Å². The van der Waals surface area contributed by atoms with Crippen LogP contribution in [0.5, 0.6) is 0 Å². The summed E-state index contributed by atoms with van der Waals surface area (Å²) in [4.78, 5) is 69.8. The first-order chi connectivity index (χ1) is 14.8. The lowest BCUT2D eigenvalue weighted by Crippen LogP contribution is -2.58. The van der Waals surface area contributed by atoms with E-state index in [1.54, 1.807) is 13.8 Å². The van der Waals surface area contributed by atoms with Gasteiger partial charge in [-0.2, -0.15) is 0 Å². The first-order valence-electron chi connectivity index (χ1n) is 9.77. The number of rotatable bonds is 15.